The van der Waals surface area contributed by atoms with Crippen molar-refractivity contribution in [2.75, 3.05) is 5.73 Å². The Morgan fingerprint density at radius 1 is 1.38 bits per heavy atom. The van der Waals surface area contributed by atoms with Crippen molar-refractivity contribution < 1.29 is 14.1 Å². The van der Waals surface area contributed by atoms with E-state index >= 15 is 0 Å². The number of hydrogen-bond donors (Lipinski definition) is 2. The quantitative estimate of drug-likeness (QED) is 0.508. The third kappa shape index (κ3) is 3.48. The average molecular weight is 295 g/mol. The summed E-state index contributed by atoms with van der Waals surface area (Å²) in [5.41, 5.74) is 4.54. The molecule has 0 saturated heterocycles. The number of nitrogens with one attached hydrogen (secondary N) is 1. The Hall–Kier alpha value is -2.18. The summed E-state index contributed by atoms with van der Waals surface area (Å²) >= 11 is 0. The van der Waals surface area contributed by atoms with Crippen molar-refractivity contribution in [1.82, 2.24) is 5.32 Å². The topological polar surface area (TPSA) is 98.3 Å². The van der Waals surface area contributed by atoms with Gasteiger partial charge in [0, 0.05) is 6.04 Å². The first-order valence-electron chi connectivity index (χ1n) is 6.92. The highest BCUT2D eigenvalue weighted by Gasteiger charge is 2.25. The van der Waals surface area contributed by atoms with Crippen LogP contribution in [0.4, 0.5) is 15.8 Å². The average Bonchev–Trinajstić information content (AvgIpc) is 2.43. The number of rotatable bonds is 3. The van der Waals surface area contributed by atoms with Gasteiger partial charge < -0.3 is 11.1 Å². The number of anilines is 1. The number of nitro groups is 1. The van der Waals surface area contributed by atoms with Crippen LogP contribution in [-0.2, 0) is 0 Å². The van der Waals surface area contributed by atoms with Gasteiger partial charge in [0.15, 0.2) is 0 Å². The molecule has 0 aliphatic heterocycles. The number of nitrogen functional groups attached to an aromatic ring is 1. The summed E-state index contributed by atoms with van der Waals surface area (Å²) in [4.78, 5) is 22.2. The lowest BCUT2D eigenvalue weighted by molar-refractivity contribution is -0.384. The van der Waals surface area contributed by atoms with E-state index in [0.717, 1.165) is 31.7 Å². The van der Waals surface area contributed by atoms with Gasteiger partial charge in [-0.3, -0.25) is 14.9 Å². The predicted molar refractivity (Wildman–Crippen MR) is 76.4 cm³/mol. The van der Waals surface area contributed by atoms with Gasteiger partial charge in [0.05, 0.1) is 16.6 Å². The van der Waals surface area contributed by atoms with E-state index in [4.69, 9.17) is 5.73 Å². The Morgan fingerprint density at radius 2 is 2.00 bits per heavy atom. The molecule has 1 fully saturated rings. The molecule has 7 heteroatoms. The molecule has 0 aromatic heterocycles. The van der Waals surface area contributed by atoms with E-state index in [1.165, 1.54) is 0 Å². The molecule has 6 nitrogen and oxygen atoms in total. The van der Waals surface area contributed by atoms with Crippen molar-refractivity contribution in [3.05, 3.63) is 33.6 Å². The van der Waals surface area contributed by atoms with Gasteiger partial charge in [-0.2, -0.15) is 0 Å². The Bertz CT molecular complexity index is 569. The lowest BCUT2D eigenvalue weighted by Gasteiger charge is -2.27. The van der Waals surface area contributed by atoms with Crippen molar-refractivity contribution in [2.24, 2.45) is 5.92 Å². The second-order valence-electron chi connectivity index (χ2n) is 5.57. The van der Waals surface area contributed by atoms with E-state index in [9.17, 15) is 19.3 Å². The lowest BCUT2D eigenvalue weighted by atomic mass is 9.87. The van der Waals surface area contributed by atoms with E-state index in [-0.39, 0.29) is 17.3 Å². The number of nitro benzene ring substituents is 1. The minimum Gasteiger partial charge on any atom is -0.393 e. The Kier molecular flexibility index (Phi) is 4.40. The highest BCUT2D eigenvalue weighted by molar-refractivity contribution is 6.01. The van der Waals surface area contributed by atoms with Crippen LogP contribution in [0, 0.1) is 21.8 Å². The number of nitrogens with zero attached hydrogens (tertiary/aromatic N) is 1. The zero-order valence-electron chi connectivity index (χ0n) is 11.8. The van der Waals surface area contributed by atoms with Crippen molar-refractivity contribution >= 4 is 17.3 Å². The molecular weight excluding hydrogens is 277 g/mol. The Labute approximate surface area is 121 Å². The number of nitrogens with two attached hydrogens (primary N) is 1. The zero-order valence-corrected chi connectivity index (χ0v) is 11.8. The minimum atomic E-state index is -0.849. The molecule has 1 aliphatic carbocycles. The molecule has 0 heterocycles. The number of halogens is 1. The molecule has 0 radical (unpaired) electrons. The van der Waals surface area contributed by atoms with E-state index in [2.05, 4.69) is 12.2 Å². The molecule has 0 unspecified atom stereocenters. The summed E-state index contributed by atoms with van der Waals surface area (Å²) in [6.45, 7) is 2.16. The monoisotopic (exact) mass is 295 g/mol. The number of carbonyl (C=O) groups excluding carboxylic acids is 1. The molecule has 1 saturated carbocycles. The highest BCUT2D eigenvalue weighted by atomic mass is 19.1. The van der Waals surface area contributed by atoms with Crippen LogP contribution in [0.2, 0.25) is 0 Å². The SMILES string of the molecule is CC1CCC(NC(=O)c2cc(F)cc([N+](=O)[O-])c2N)CC1. The van der Waals surface area contributed by atoms with Gasteiger partial charge in [-0.1, -0.05) is 6.92 Å². The van der Waals surface area contributed by atoms with Gasteiger partial charge in [0.25, 0.3) is 11.6 Å². The minimum absolute atomic E-state index is 0.00965. The van der Waals surface area contributed by atoms with Crippen LogP contribution in [0.3, 0.4) is 0 Å². The van der Waals surface area contributed by atoms with Crippen molar-refractivity contribution in [3.63, 3.8) is 0 Å². The van der Waals surface area contributed by atoms with E-state index < -0.39 is 22.3 Å². The van der Waals surface area contributed by atoms with Gasteiger partial charge in [-0.15, -0.1) is 0 Å². The molecular formula is C14H18FN3O3. The second kappa shape index (κ2) is 6.07. The third-order valence-corrected chi connectivity index (χ3v) is 3.92. The van der Waals surface area contributed by atoms with E-state index in [0.29, 0.717) is 12.0 Å². The normalized spacial score (nSPS) is 21.8. The smallest absolute Gasteiger partial charge is 0.295 e. The van der Waals surface area contributed by atoms with Crippen LogP contribution in [0.15, 0.2) is 12.1 Å². The van der Waals surface area contributed by atoms with E-state index in [1.807, 2.05) is 0 Å². The summed E-state index contributed by atoms with van der Waals surface area (Å²) < 4.78 is 13.4. The first-order chi connectivity index (χ1) is 9.88. The summed E-state index contributed by atoms with van der Waals surface area (Å²) in [5.74, 6) is -0.772. The molecule has 1 amide bonds. The summed E-state index contributed by atoms with van der Waals surface area (Å²) in [6.07, 6.45) is 3.74. The third-order valence-electron chi connectivity index (χ3n) is 3.92. The van der Waals surface area contributed by atoms with Crippen LogP contribution < -0.4 is 11.1 Å². The molecule has 0 atom stereocenters. The number of benzene rings is 1. The molecule has 1 aromatic rings. The number of hydrogen-bond acceptors (Lipinski definition) is 4. The standard InChI is InChI=1S/C14H18FN3O3/c1-8-2-4-10(5-3-8)17-14(19)11-6-9(15)7-12(13(11)16)18(20)21/h6-8,10H,2-5,16H2,1H3,(H,17,19). The maximum absolute atomic E-state index is 13.4. The fraction of sp³-hybridized carbons (Fsp3) is 0.500. The second-order valence-corrected chi connectivity index (χ2v) is 5.57. The van der Waals surface area contributed by atoms with Crippen molar-refractivity contribution in [3.8, 4) is 0 Å². The fourth-order valence-electron chi connectivity index (χ4n) is 2.61. The number of carbonyl (C=O) groups is 1. The zero-order chi connectivity index (χ0) is 15.6. The van der Waals surface area contributed by atoms with Crippen LogP contribution in [0.5, 0.6) is 0 Å². The maximum Gasteiger partial charge on any atom is 0.295 e. The first-order valence-corrected chi connectivity index (χ1v) is 6.92. The van der Waals surface area contributed by atoms with Crippen LogP contribution >= 0.6 is 0 Å². The number of amides is 1. The lowest BCUT2D eigenvalue weighted by Crippen LogP contribution is -2.37. The molecule has 3 N–H and O–H groups in total. The predicted octanol–water partition coefficient (Wildman–Crippen LogP) is 2.62. The molecule has 21 heavy (non-hydrogen) atoms. The molecule has 114 valence electrons. The largest absolute Gasteiger partial charge is 0.393 e. The van der Waals surface area contributed by atoms with Crippen molar-refractivity contribution in [1.29, 1.82) is 0 Å². The molecule has 2 rings (SSSR count). The Balaban J connectivity index is 2.17. The summed E-state index contributed by atoms with van der Waals surface area (Å²) in [7, 11) is 0. The van der Waals surface area contributed by atoms with E-state index in [1.54, 1.807) is 0 Å². The van der Waals surface area contributed by atoms with Gasteiger partial charge >= 0.3 is 0 Å². The summed E-state index contributed by atoms with van der Waals surface area (Å²) in [6, 6.07) is 1.66. The van der Waals surface area contributed by atoms with Gasteiger partial charge in [-0.05, 0) is 37.7 Å². The molecule has 1 aliphatic rings. The maximum atomic E-state index is 13.4. The fourth-order valence-corrected chi connectivity index (χ4v) is 2.61. The highest BCUT2D eigenvalue weighted by Crippen LogP contribution is 2.28. The summed E-state index contributed by atoms with van der Waals surface area (Å²) in [5, 5.41) is 13.6. The molecule has 0 spiro atoms. The van der Waals surface area contributed by atoms with Crippen LogP contribution in [0.1, 0.15) is 43.0 Å². The van der Waals surface area contributed by atoms with Crippen LogP contribution in [0.25, 0.3) is 0 Å². The molecule has 1 aromatic carbocycles. The Morgan fingerprint density at radius 3 is 2.57 bits per heavy atom. The first kappa shape index (κ1) is 15.2. The van der Waals surface area contributed by atoms with Gasteiger partial charge in [0.2, 0.25) is 0 Å². The van der Waals surface area contributed by atoms with Crippen LogP contribution in [-0.4, -0.2) is 16.9 Å². The van der Waals surface area contributed by atoms with Gasteiger partial charge in [0.1, 0.15) is 11.5 Å². The van der Waals surface area contributed by atoms with Crippen molar-refractivity contribution in [2.45, 2.75) is 38.6 Å². The molecule has 0 bridgehead atoms. The van der Waals surface area contributed by atoms with Gasteiger partial charge in [-0.25, -0.2) is 4.39 Å².